The smallest absolute Gasteiger partial charge is 0.253 e. The summed E-state index contributed by atoms with van der Waals surface area (Å²) in [6.07, 6.45) is 1.46. The molecule has 1 aliphatic rings. The Labute approximate surface area is 139 Å². The summed E-state index contributed by atoms with van der Waals surface area (Å²) in [5.74, 6) is -1.58. The number of hydrogen-bond donors (Lipinski definition) is 3. The van der Waals surface area contributed by atoms with Crippen molar-refractivity contribution in [3.8, 4) is 5.75 Å². The summed E-state index contributed by atoms with van der Waals surface area (Å²) in [6.45, 7) is 0.433. The number of nitrogens with zero attached hydrogens (tertiary/aromatic N) is 1. The van der Waals surface area contributed by atoms with Gasteiger partial charge in [-0.25, -0.2) is 5.43 Å². The van der Waals surface area contributed by atoms with Crippen LogP contribution in [0.15, 0.2) is 59.7 Å². The van der Waals surface area contributed by atoms with Crippen LogP contribution in [-0.2, 0) is 9.59 Å². The van der Waals surface area contributed by atoms with Gasteiger partial charge in [0.2, 0.25) is 5.91 Å². The van der Waals surface area contributed by atoms with Crippen LogP contribution < -0.4 is 10.7 Å². The Morgan fingerprint density at radius 1 is 1.17 bits per heavy atom. The Hall–Kier alpha value is -3.15. The zero-order chi connectivity index (χ0) is 16.9. The van der Waals surface area contributed by atoms with E-state index in [9.17, 15) is 14.7 Å². The topological polar surface area (TPSA) is 90.8 Å². The first-order chi connectivity index (χ1) is 11.6. The molecule has 1 saturated heterocycles. The van der Waals surface area contributed by atoms with Crippen molar-refractivity contribution >= 4 is 18.0 Å². The van der Waals surface area contributed by atoms with E-state index >= 15 is 0 Å². The highest BCUT2D eigenvalue weighted by Crippen LogP contribution is 2.28. The number of aromatic hydroxyl groups is 1. The number of nitrogens with one attached hydrogen (secondary N) is 2. The van der Waals surface area contributed by atoms with Crippen molar-refractivity contribution in [1.29, 1.82) is 0 Å². The molecule has 0 unspecified atom stereocenters. The first-order valence-corrected chi connectivity index (χ1v) is 7.60. The molecule has 0 radical (unpaired) electrons. The van der Waals surface area contributed by atoms with Crippen molar-refractivity contribution < 1.29 is 14.7 Å². The molecular formula is C18H17N3O3. The number of phenolic OH excluding ortho intramolecular Hbond substituents is 1. The lowest BCUT2D eigenvalue weighted by Gasteiger charge is -2.15. The Kier molecular flexibility index (Phi) is 4.56. The molecule has 2 amide bonds. The molecule has 6 heteroatoms. The fourth-order valence-electron chi connectivity index (χ4n) is 2.73. The van der Waals surface area contributed by atoms with Crippen LogP contribution in [0.5, 0.6) is 5.75 Å². The Balaban J connectivity index is 1.68. The highest BCUT2D eigenvalue weighted by atomic mass is 16.3. The molecule has 2 aromatic carbocycles. The van der Waals surface area contributed by atoms with Crippen LogP contribution in [0.2, 0.25) is 0 Å². The van der Waals surface area contributed by atoms with Gasteiger partial charge in [0.1, 0.15) is 11.7 Å². The molecule has 2 atom stereocenters. The lowest BCUT2D eigenvalue weighted by Crippen LogP contribution is -2.34. The number of hydrogen-bond acceptors (Lipinski definition) is 4. The molecule has 1 heterocycles. The van der Waals surface area contributed by atoms with Gasteiger partial charge < -0.3 is 10.4 Å². The van der Waals surface area contributed by atoms with Crippen LogP contribution in [0, 0.1) is 5.92 Å². The molecule has 0 saturated carbocycles. The SMILES string of the molecule is O=C1NC[C@H](c2ccccc2)[C@H]1C(=O)N/N=C\c1ccc(O)cc1. The fraction of sp³-hybridized carbons (Fsp3) is 0.167. The lowest BCUT2D eigenvalue weighted by molar-refractivity contribution is -0.133. The zero-order valence-electron chi connectivity index (χ0n) is 12.8. The normalized spacial score (nSPS) is 20.1. The van der Waals surface area contributed by atoms with E-state index in [1.54, 1.807) is 12.1 Å². The fourth-order valence-corrected chi connectivity index (χ4v) is 2.73. The maximum Gasteiger partial charge on any atom is 0.253 e. The van der Waals surface area contributed by atoms with Crippen molar-refractivity contribution in [2.24, 2.45) is 11.0 Å². The third-order valence-corrected chi connectivity index (χ3v) is 3.97. The standard InChI is InChI=1S/C18H17N3O3/c22-14-8-6-12(7-9-14)10-20-21-18(24)16-15(11-19-17(16)23)13-4-2-1-3-5-13/h1-10,15-16,22H,11H2,(H,19,23)(H,21,24)/b20-10-/t15-,16-/m1/s1. The molecule has 24 heavy (non-hydrogen) atoms. The summed E-state index contributed by atoms with van der Waals surface area (Å²) < 4.78 is 0. The molecule has 1 fully saturated rings. The number of hydrazone groups is 1. The number of rotatable bonds is 4. The van der Waals surface area contributed by atoms with Crippen molar-refractivity contribution in [3.63, 3.8) is 0 Å². The molecule has 0 aliphatic carbocycles. The first kappa shape index (κ1) is 15.7. The summed E-state index contributed by atoms with van der Waals surface area (Å²) in [7, 11) is 0. The summed E-state index contributed by atoms with van der Waals surface area (Å²) in [5, 5.41) is 15.8. The second-order valence-corrected chi connectivity index (χ2v) is 5.57. The van der Waals surface area contributed by atoms with Crippen LogP contribution in [-0.4, -0.2) is 29.7 Å². The van der Waals surface area contributed by atoms with Crippen LogP contribution >= 0.6 is 0 Å². The number of carbonyl (C=O) groups excluding carboxylic acids is 2. The molecule has 0 aromatic heterocycles. The highest BCUT2D eigenvalue weighted by Gasteiger charge is 2.40. The molecule has 2 aromatic rings. The number of amides is 2. The summed E-state index contributed by atoms with van der Waals surface area (Å²) in [6, 6.07) is 15.9. The molecule has 3 N–H and O–H groups in total. The predicted molar refractivity (Wildman–Crippen MR) is 89.5 cm³/mol. The van der Waals surface area contributed by atoms with Gasteiger partial charge in [-0.2, -0.15) is 5.10 Å². The van der Waals surface area contributed by atoms with Gasteiger partial charge in [0.15, 0.2) is 0 Å². The van der Waals surface area contributed by atoms with Crippen molar-refractivity contribution in [2.45, 2.75) is 5.92 Å². The summed E-state index contributed by atoms with van der Waals surface area (Å²) >= 11 is 0. The minimum Gasteiger partial charge on any atom is -0.508 e. The molecule has 0 spiro atoms. The third kappa shape index (κ3) is 3.43. The van der Waals surface area contributed by atoms with Crippen LogP contribution in [0.25, 0.3) is 0 Å². The van der Waals surface area contributed by atoms with Gasteiger partial charge in [0.05, 0.1) is 6.21 Å². The Morgan fingerprint density at radius 2 is 1.88 bits per heavy atom. The van der Waals surface area contributed by atoms with E-state index < -0.39 is 11.8 Å². The molecule has 6 nitrogen and oxygen atoms in total. The molecule has 0 bridgehead atoms. The number of phenols is 1. The first-order valence-electron chi connectivity index (χ1n) is 7.60. The average Bonchev–Trinajstić information content (AvgIpc) is 2.99. The van der Waals surface area contributed by atoms with E-state index in [0.29, 0.717) is 6.54 Å². The predicted octanol–water partition coefficient (Wildman–Crippen LogP) is 1.37. The van der Waals surface area contributed by atoms with Crippen molar-refractivity contribution in [2.75, 3.05) is 6.54 Å². The minimum absolute atomic E-state index is 0.157. The van der Waals surface area contributed by atoms with Gasteiger partial charge >= 0.3 is 0 Å². The average molecular weight is 323 g/mol. The minimum atomic E-state index is -0.802. The zero-order valence-corrected chi connectivity index (χ0v) is 12.8. The quantitative estimate of drug-likeness (QED) is 0.451. The monoisotopic (exact) mass is 323 g/mol. The van der Waals surface area contributed by atoms with Gasteiger partial charge in [-0.05, 0) is 35.4 Å². The second kappa shape index (κ2) is 6.95. The van der Waals surface area contributed by atoms with Gasteiger partial charge in [-0.3, -0.25) is 9.59 Å². The third-order valence-electron chi connectivity index (χ3n) is 3.97. The molecule has 122 valence electrons. The Morgan fingerprint density at radius 3 is 2.58 bits per heavy atom. The summed E-state index contributed by atoms with van der Waals surface area (Å²) in [4.78, 5) is 24.4. The van der Waals surface area contributed by atoms with E-state index in [1.807, 2.05) is 30.3 Å². The molecular weight excluding hydrogens is 306 g/mol. The van der Waals surface area contributed by atoms with Crippen LogP contribution in [0.1, 0.15) is 17.0 Å². The second-order valence-electron chi connectivity index (χ2n) is 5.57. The van der Waals surface area contributed by atoms with E-state index in [4.69, 9.17) is 0 Å². The maximum atomic E-state index is 12.4. The van der Waals surface area contributed by atoms with Gasteiger partial charge in [-0.1, -0.05) is 30.3 Å². The van der Waals surface area contributed by atoms with Crippen molar-refractivity contribution in [3.05, 3.63) is 65.7 Å². The van der Waals surface area contributed by atoms with E-state index in [2.05, 4.69) is 15.8 Å². The highest BCUT2D eigenvalue weighted by molar-refractivity contribution is 6.03. The molecule has 3 rings (SSSR count). The van der Waals surface area contributed by atoms with E-state index in [1.165, 1.54) is 18.3 Å². The number of carbonyl (C=O) groups is 2. The van der Waals surface area contributed by atoms with Gasteiger partial charge in [0, 0.05) is 12.5 Å². The van der Waals surface area contributed by atoms with Crippen molar-refractivity contribution in [1.82, 2.24) is 10.7 Å². The lowest BCUT2D eigenvalue weighted by atomic mass is 9.88. The van der Waals surface area contributed by atoms with E-state index in [0.717, 1.165) is 11.1 Å². The number of benzene rings is 2. The van der Waals surface area contributed by atoms with Crippen LogP contribution in [0.4, 0.5) is 0 Å². The maximum absolute atomic E-state index is 12.4. The molecule has 1 aliphatic heterocycles. The van der Waals surface area contributed by atoms with Gasteiger partial charge in [-0.15, -0.1) is 0 Å². The van der Waals surface area contributed by atoms with E-state index in [-0.39, 0.29) is 17.6 Å². The largest absolute Gasteiger partial charge is 0.508 e. The van der Waals surface area contributed by atoms with Gasteiger partial charge in [0.25, 0.3) is 5.91 Å². The van der Waals surface area contributed by atoms with Crippen LogP contribution in [0.3, 0.4) is 0 Å². The summed E-state index contributed by atoms with van der Waals surface area (Å²) in [5.41, 5.74) is 4.09. The Bertz CT molecular complexity index is 757.